The Balaban J connectivity index is 1.14. The van der Waals surface area contributed by atoms with Gasteiger partial charge in [-0.3, -0.25) is 0 Å². The second-order valence-corrected chi connectivity index (χ2v) is 21.1. The predicted molar refractivity (Wildman–Crippen MR) is 249 cm³/mol. The van der Waals surface area contributed by atoms with Crippen LogP contribution in [-0.4, -0.2) is 8.07 Å². The molecule has 0 heterocycles. The van der Waals surface area contributed by atoms with Crippen LogP contribution >= 0.6 is 0 Å². The standard InChI is InChI=1S/C56H45NSi/c1-55(2)49-25-15-14-24-47(49)48-34-31-41(36-51(48)55)57(42-35-39-28-27-38-17-16-26-50-53(38)54(39)52(37-42)56(50,3)4)40-29-32-46(33-30-40)58(43-18-8-5-9-19-43,44-20-10-6-11-21-44)45-22-12-7-13-23-45/h5-37H,1-4H3. The van der Waals surface area contributed by atoms with E-state index in [0.29, 0.717) is 0 Å². The van der Waals surface area contributed by atoms with Crippen LogP contribution in [0, 0.1) is 0 Å². The Bertz CT molecular complexity index is 2940. The number of benzene rings is 9. The van der Waals surface area contributed by atoms with Gasteiger partial charge in [0.2, 0.25) is 0 Å². The molecule has 0 aromatic heterocycles. The van der Waals surface area contributed by atoms with Gasteiger partial charge in [-0.2, -0.15) is 0 Å². The highest BCUT2D eigenvalue weighted by Crippen LogP contribution is 2.53. The van der Waals surface area contributed by atoms with Gasteiger partial charge in [0, 0.05) is 27.9 Å². The molecule has 0 radical (unpaired) electrons. The third-order valence-corrected chi connectivity index (χ3v) is 18.3. The van der Waals surface area contributed by atoms with Crippen molar-refractivity contribution in [1.29, 1.82) is 0 Å². The van der Waals surface area contributed by atoms with E-state index in [9.17, 15) is 0 Å². The zero-order valence-electron chi connectivity index (χ0n) is 33.5. The highest BCUT2D eigenvalue weighted by Gasteiger charge is 2.42. The number of hydrogen-bond donors (Lipinski definition) is 0. The molecule has 9 aromatic rings. The van der Waals surface area contributed by atoms with Gasteiger partial charge >= 0.3 is 0 Å². The van der Waals surface area contributed by atoms with Crippen molar-refractivity contribution < 1.29 is 0 Å². The molecular weight excluding hydrogens is 715 g/mol. The van der Waals surface area contributed by atoms with Gasteiger partial charge in [-0.15, -0.1) is 0 Å². The number of anilines is 3. The molecule has 278 valence electrons. The third kappa shape index (κ3) is 4.88. The lowest BCUT2D eigenvalue weighted by molar-refractivity contribution is 0.660. The molecule has 2 aliphatic rings. The fraction of sp³-hybridized carbons (Fsp3) is 0.107. The molecule has 2 aliphatic carbocycles. The lowest BCUT2D eigenvalue weighted by atomic mass is 9.81. The topological polar surface area (TPSA) is 3.24 Å². The molecule has 0 unspecified atom stereocenters. The summed E-state index contributed by atoms with van der Waals surface area (Å²) in [7, 11) is -2.69. The fourth-order valence-electron chi connectivity index (χ4n) is 10.7. The number of rotatable bonds is 7. The SMILES string of the molecule is CC1(C)c2ccccc2-c2ccc(N(c3ccc([Si](c4ccccc4)(c4ccccc4)c4ccccc4)cc3)c3cc4c5c(ccc6cccc(c65)C4(C)C)c3)cc21. The summed E-state index contributed by atoms with van der Waals surface area (Å²) in [5, 5.41) is 10.9. The molecule has 0 bridgehead atoms. The largest absolute Gasteiger partial charge is 0.310 e. The summed E-state index contributed by atoms with van der Waals surface area (Å²) in [4.78, 5) is 2.51. The lowest BCUT2D eigenvalue weighted by Gasteiger charge is -2.35. The molecule has 58 heavy (non-hydrogen) atoms. The maximum absolute atomic E-state index is 2.69. The van der Waals surface area contributed by atoms with E-state index in [2.05, 4.69) is 233 Å². The molecule has 0 saturated heterocycles. The molecule has 0 aliphatic heterocycles. The summed E-state index contributed by atoms with van der Waals surface area (Å²) in [6.45, 7) is 9.55. The van der Waals surface area contributed by atoms with Gasteiger partial charge in [-0.1, -0.05) is 191 Å². The molecule has 0 N–H and O–H groups in total. The van der Waals surface area contributed by atoms with Crippen molar-refractivity contribution in [3.63, 3.8) is 0 Å². The summed E-state index contributed by atoms with van der Waals surface area (Å²) in [5.41, 5.74) is 11.5. The Morgan fingerprint density at radius 2 is 0.810 bits per heavy atom. The first-order chi connectivity index (χ1) is 28.3. The molecule has 0 atom stereocenters. The van der Waals surface area contributed by atoms with Gasteiger partial charge in [0.05, 0.1) is 0 Å². The highest BCUT2D eigenvalue weighted by molar-refractivity contribution is 7.19. The van der Waals surface area contributed by atoms with Gasteiger partial charge in [0.15, 0.2) is 8.07 Å². The van der Waals surface area contributed by atoms with Crippen LogP contribution in [0.2, 0.25) is 0 Å². The van der Waals surface area contributed by atoms with Crippen molar-refractivity contribution in [2.75, 3.05) is 4.90 Å². The molecule has 11 rings (SSSR count). The van der Waals surface area contributed by atoms with E-state index in [4.69, 9.17) is 0 Å². The van der Waals surface area contributed by atoms with Crippen LogP contribution in [0.3, 0.4) is 0 Å². The van der Waals surface area contributed by atoms with Crippen molar-refractivity contribution >= 4 is 67.4 Å². The Kier molecular flexibility index (Phi) is 7.64. The summed E-state index contributed by atoms with van der Waals surface area (Å²) in [6, 6.07) is 75.7. The minimum atomic E-state index is -2.69. The van der Waals surface area contributed by atoms with Crippen molar-refractivity contribution in [1.82, 2.24) is 0 Å². The van der Waals surface area contributed by atoms with E-state index in [0.717, 1.165) is 5.69 Å². The second-order valence-electron chi connectivity index (χ2n) is 17.3. The normalized spacial score (nSPS) is 14.5. The molecule has 0 spiro atoms. The lowest BCUT2D eigenvalue weighted by Crippen LogP contribution is -2.74. The average molecular weight is 760 g/mol. The first-order valence-corrected chi connectivity index (χ1v) is 22.6. The van der Waals surface area contributed by atoms with Crippen molar-refractivity contribution in [2.45, 2.75) is 38.5 Å². The Morgan fingerprint density at radius 3 is 1.47 bits per heavy atom. The average Bonchev–Trinajstić information content (AvgIpc) is 3.65. The summed E-state index contributed by atoms with van der Waals surface area (Å²) in [6.07, 6.45) is 0. The molecule has 0 saturated carbocycles. The molecule has 0 fully saturated rings. The monoisotopic (exact) mass is 759 g/mol. The van der Waals surface area contributed by atoms with E-state index in [1.165, 1.54) is 87.0 Å². The van der Waals surface area contributed by atoms with E-state index in [-0.39, 0.29) is 10.8 Å². The smallest absolute Gasteiger partial charge is 0.179 e. The quantitative estimate of drug-likeness (QED) is 0.0889. The summed E-state index contributed by atoms with van der Waals surface area (Å²) < 4.78 is 0. The number of nitrogens with zero attached hydrogens (tertiary/aromatic N) is 1. The van der Waals surface area contributed by atoms with Gasteiger partial charge in [-0.05, 0) is 112 Å². The molecule has 2 heteroatoms. The summed E-state index contributed by atoms with van der Waals surface area (Å²) in [5.74, 6) is 0. The van der Waals surface area contributed by atoms with E-state index >= 15 is 0 Å². The van der Waals surface area contributed by atoms with Crippen LogP contribution in [-0.2, 0) is 10.8 Å². The maximum Gasteiger partial charge on any atom is 0.179 e. The first kappa shape index (κ1) is 34.7. The van der Waals surface area contributed by atoms with Crippen molar-refractivity contribution in [3.8, 4) is 11.1 Å². The van der Waals surface area contributed by atoms with Crippen LogP contribution < -0.4 is 25.6 Å². The Labute approximate surface area is 342 Å². The maximum atomic E-state index is 2.51. The van der Waals surface area contributed by atoms with E-state index in [1.807, 2.05) is 0 Å². The zero-order chi connectivity index (χ0) is 39.2. The van der Waals surface area contributed by atoms with Crippen molar-refractivity contribution in [3.05, 3.63) is 222 Å². The minimum Gasteiger partial charge on any atom is -0.310 e. The number of hydrogen-bond acceptors (Lipinski definition) is 1. The molecule has 1 nitrogen and oxygen atoms in total. The first-order valence-electron chi connectivity index (χ1n) is 20.6. The van der Waals surface area contributed by atoms with Crippen LogP contribution in [0.25, 0.3) is 32.7 Å². The summed E-state index contributed by atoms with van der Waals surface area (Å²) >= 11 is 0. The predicted octanol–water partition coefficient (Wildman–Crippen LogP) is 11.8. The third-order valence-electron chi connectivity index (χ3n) is 13.6. The molecule has 9 aromatic carbocycles. The fourth-order valence-corrected chi connectivity index (χ4v) is 15.5. The van der Waals surface area contributed by atoms with Crippen molar-refractivity contribution in [2.24, 2.45) is 0 Å². The minimum absolute atomic E-state index is 0.115. The van der Waals surface area contributed by atoms with Crippen LogP contribution in [0.15, 0.2) is 200 Å². The van der Waals surface area contributed by atoms with Gasteiger partial charge < -0.3 is 4.90 Å². The highest BCUT2D eigenvalue weighted by atomic mass is 28.3. The Morgan fingerprint density at radius 1 is 0.328 bits per heavy atom. The van der Waals surface area contributed by atoms with Crippen LogP contribution in [0.1, 0.15) is 49.9 Å². The van der Waals surface area contributed by atoms with Crippen LogP contribution in [0.4, 0.5) is 17.1 Å². The zero-order valence-corrected chi connectivity index (χ0v) is 34.5. The Hall–Kier alpha value is -6.48. The second kappa shape index (κ2) is 12.8. The van der Waals surface area contributed by atoms with Crippen LogP contribution in [0.5, 0.6) is 0 Å². The van der Waals surface area contributed by atoms with Gasteiger partial charge in [0.1, 0.15) is 0 Å². The van der Waals surface area contributed by atoms with E-state index in [1.54, 1.807) is 0 Å². The van der Waals surface area contributed by atoms with Gasteiger partial charge in [-0.25, -0.2) is 0 Å². The van der Waals surface area contributed by atoms with E-state index < -0.39 is 8.07 Å². The molecule has 0 amide bonds. The van der Waals surface area contributed by atoms with Gasteiger partial charge in [0.25, 0.3) is 0 Å². The molecular formula is C56H45NSi. The number of fused-ring (bicyclic) bond motifs is 3.